The van der Waals surface area contributed by atoms with Gasteiger partial charge in [0.15, 0.2) is 0 Å². The number of rotatable bonds is 8. The SMILES string of the molecule is COCC(=O)N[C@@H](C)[C@@H](Oc1ccc2c(cnn2-c2ccc(F)cc2)c1)c1cccc(F)c1. The number of nitrogens with zero attached hydrogens (tertiary/aromatic N) is 2. The van der Waals surface area contributed by atoms with Gasteiger partial charge in [-0.2, -0.15) is 5.10 Å². The van der Waals surface area contributed by atoms with E-state index in [-0.39, 0.29) is 18.3 Å². The second-order valence-electron chi connectivity index (χ2n) is 7.64. The normalized spacial score (nSPS) is 13.0. The molecule has 0 saturated carbocycles. The lowest BCUT2D eigenvalue weighted by Gasteiger charge is -2.26. The van der Waals surface area contributed by atoms with E-state index in [1.807, 2.05) is 12.1 Å². The number of nitrogens with one attached hydrogen (secondary N) is 1. The van der Waals surface area contributed by atoms with Gasteiger partial charge in [0.25, 0.3) is 0 Å². The van der Waals surface area contributed by atoms with Crippen molar-refractivity contribution in [3.05, 3.63) is 90.1 Å². The minimum absolute atomic E-state index is 0.0886. The average Bonchev–Trinajstić information content (AvgIpc) is 3.21. The predicted molar refractivity (Wildman–Crippen MR) is 120 cm³/mol. The quantitative estimate of drug-likeness (QED) is 0.426. The van der Waals surface area contributed by atoms with E-state index in [2.05, 4.69) is 10.4 Å². The first-order chi connectivity index (χ1) is 15.9. The summed E-state index contributed by atoms with van der Waals surface area (Å²) in [6.45, 7) is 1.70. The molecule has 0 aliphatic carbocycles. The molecule has 2 atom stereocenters. The minimum Gasteiger partial charge on any atom is -0.484 e. The number of hydrogen-bond acceptors (Lipinski definition) is 4. The van der Waals surface area contributed by atoms with Crippen LogP contribution in [0.1, 0.15) is 18.6 Å². The summed E-state index contributed by atoms with van der Waals surface area (Å²) in [7, 11) is 1.44. The van der Waals surface area contributed by atoms with Gasteiger partial charge in [0, 0.05) is 12.5 Å². The van der Waals surface area contributed by atoms with Gasteiger partial charge in [-0.25, -0.2) is 13.5 Å². The molecule has 3 aromatic carbocycles. The van der Waals surface area contributed by atoms with E-state index in [9.17, 15) is 13.6 Å². The molecule has 0 unspecified atom stereocenters. The van der Waals surface area contributed by atoms with Crippen molar-refractivity contribution < 1.29 is 23.0 Å². The molecule has 1 amide bonds. The molecule has 8 heteroatoms. The second-order valence-corrected chi connectivity index (χ2v) is 7.64. The lowest BCUT2D eigenvalue weighted by Crippen LogP contribution is -2.40. The summed E-state index contributed by atoms with van der Waals surface area (Å²) in [6, 6.07) is 17.1. The third-order valence-electron chi connectivity index (χ3n) is 5.17. The summed E-state index contributed by atoms with van der Waals surface area (Å²) in [4.78, 5) is 12.0. The van der Waals surface area contributed by atoms with Crippen LogP contribution in [0.2, 0.25) is 0 Å². The standard InChI is InChI=1S/C25H23F2N3O3/c1-16(29-24(31)15-32-2)25(17-4-3-5-20(27)12-17)33-22-10-11-23-18(13-22)14-28-30(23)21-8-6-19(26)7-9-21/h3-14,16,25H,15H2,1-2H3,(H,29,31)/t16-,25+/m0/s1. The fraction of sp³-hybridized carbons (Fsp3) is 0.200. The number of halogens is 2. The van der Waals surface area contributed by atoms with E-state index in [1.54, 1.807) is 48.1 Å². The molecule has 4 rings (SSSR count). The van der Waals surface area contributed by atoms with E-state index >= 15 is 0 Å². The van der Waals surface area contributed by atoms with Crippen LogP contribution in [0.3, 0.4) is 0 Å². The number of amides is 1. The van der Waals surface area contributed by atoms with Gasteiger partial charge >= 0.3 is 0 Å². The lowest BCUT2D eigenvalue weighted by atomic mass is 10.0. The number of ether oxygens (including phenoxy) is 2. The highest BCUT2D eigenvalue weighted by Gasteiger charge is 2.24. The molecule has 0 fully saturated rings. The molecule has 0 bridgehead atoms. The third kappa shape index (κ3) is 5.18. The highest BCUT2D eigenvalue weighted by atomic mass is 19.1. The largest absolute Gasteiger partial charge is 0.484 e. The second kappa shape index (κ2) is 9.79. The van der Waals surface area contributed by atoms with Gasteiger partial charge in [0.2, 0.25) is 5.91 Å². The summed E-state index contributed by atoms with van der Waals surface area (Å²) in [5.74, 6) is -0.483. The van der Waals surface area contributed by atoms with Crippen LogP contribution in [0, 0.1) is 11.6 Å². The Balaban J connectivity index is 1.63. The third-order valence-corrected chi connectivity index (χ3v) is 5.17. The van der Waals surface area contributed by atoms with Gasteiger partial charge in [0.1, 0.15) is 30.1 Å². The van der Waals surface area contributed by atoms with Crippen molar-refractivity contribution in [3.8, 4) is 11.4 Å². The first kappa shape index (κ1) is 22.4. The summed E-state index contributed by atoms with van der Waals surface area (Å²) >= 11 is 0. The van der Waals surface area contributed by atoms with Gasteiger partial charge in [-0.15, -0.1) is 0 Å². The Kier molecular flexibility index (Phi) is 6.65. The number of benzene rings is 3. The molecule has 1 aromatic heterocycles. The number of fused-ring (bicyclic) bond motifs is 1. The fourth-order valence-electron chi connectivity index (χ4n) is 3.66. The molecule has 0 aliphatic rings. The lowest BCUT2D eigenvalue weighted by molar-refractivity contribution is -0.126. The van der Waals surface area contributed by atoms with Crippen LogP contribution in [0.15, 0.2) is 72.9 Å². The van der Waals surface area contributed by atoms with Crippen molar-refractivity contribution in [1.29, 1.82) is 0 Å². The number of hydrogen-bond donors (Lipinski definition) is 1. The molecule has 0 radical (unpaired) electrons. The van der Waals surface area contributed by atoms with Crippen molar-refractivity contribution in [2.45, 2.75) is 19.1 Å². The van der Waals surface area contributed by atoms with Crippen LogP contribution < -0.4 is 10.1 Å². The number of aromatic nitrogens is 2. The molecule has 33 heavy (non-hydrogen) atoms. The Morgan fingerprint density at radius 3 is 2.58 bits per heavy atom. The first-order valence-corrected chi connectivity index (χ1v) is 10.4. The topological polar surface area (TPSA) is 65.4 Å². The summed E-state index contributed by atoms with van der Waals surface area (Å²) in [5, 5.41) is 8.04. The molecule has 4 aromatic rings. The molecule has 0 saturated heterocycles. The van der Waals surface area contributed by atoms with E-state index in [4.69, 9.17) is 9.47 Å². The van der Waals surface area contributed by atoms with Gasteiger partial charge < -0.3 is 14.8 Å². The Morgan fingerprint density at radius 2 is 1.85 bits per heavy atom. The van der Waals surface area contributed by atoms with E-state index < -0.39 is 18.0 Å². The Bertz CT molecular complexity index is 1260. The fourth-order valence-corrected chi connectivity index (χ4v) is 3.66. The monoisotopic (exact) mass is 451 g/mol. The maximum absolute atomic E-state index is 13.9. The van der Waals surface area contributed by atoms with Crippen molar-refractivity contribution in [3.63, 3.8) is 0 Å². The van der Waals surface area contributed by atoms with Crippen LogP contribution in [-0.2, 0) is 9.53 Å². The van der Waals surface area contributed by atoms with Gasteiger partial charge in [-0.05, 0) is 67.1 Å². The minimum atomic E-state index is -0.647. The predicted octanol–water partition coefficient (Wildman–Crippen LogP) is 4.57. The van der Waals surface area contributed by atoms with Crippen molar-refractivity contribution in [2.24, 2.45) is 0 Å². The highest BCUT2D eigenvalue weighted by molar-refractivity contribution is 5.81. The number of carbonyl (C=O) groups excluding carboxylic acids is 1. The number of carbonyl (C=O) groups is 1. The molecule has 6 nitrogen and oxygen atoms in total. The van der Waals surface area contributed by atoms with Crippen molar-refractivity contribution >= 4 is 16.8 Å². The summed E-state index contributed by atoms with van der Waals surface area (Å²) in [6.07, 6.45) is 1.04. The van der Waals surface area contributed by atoms with Crippen molar-refractivity contribution in [1.82, 2.24) is 15.1 Å². The van der Waals surface area contributed by atoms with Crippen molar-refractivity contribution in [2.75, 3.05) is 13.7 Å². The molecular formula is C25H23F2N3O3. The van der Waals surface area contributed by atoms with Crippen LogP contribution in [0.25, 0.3) is 16.6 Å². The highest BCUT2D eigenvalue weighted by Crippen LogP contribution is 2.29. The zero-order valence-electron chi connectivity index (χ0n) is 18.2. The van der Waals surface area contributed by atoms with E-state index in [0.29, 0.717) is 11.3 Å². The van der Waals surface area contributed by atoms with E-state index in [0.717, 1.165) is 16.6 Å². The van der Waals surface area contributed by atoms with Gasteiger partial charge in [0.05, 0.1) is 23.4 Å². The zero-order valence-corrected chi connectivity index (χ0v) is 18.2. The molecule has 0 spiro atoms. The summed E-state index contributed by atoms with van der Waals surface area (Å²) in [5.41, 5.74) is 2.13. The van der Waals surface area contributed by atoms with Crippen LogP contribution in [-0.4, -0.2) is 35.4 Å². The van der Waals surface area contributed by atoms with Gasteiger partial charge in [-0.3, -0.25) is 4.79 Å². The Labute approximate surface area is 189 Å². The smallest absolute Gasteiger partial charge is 0.246 e. The average molecular weight is 451 g/mol. The molecular weight excluding hydrogens is 428 g/mol. The van der Waals surface area contributed by atoms with Crippen LogP contribution >= 0.6 is 0 Å². The Morgan fingerprint density at radius 1 is 1.06 bits per heavy atom. The maximum Gasteiger partial charge on any atom is 0.246 e. The maximum atomic E-state index is 13.9. The van der Waals surface area contributed by atoms with E-state index in [1.165, 1.54) is 31.4 Å². The van der Waals surface area contributed by atoms with Gasteiger partial charge in [-0.1, -0.05) is 12.1 Å². The molecule has 0 aliphatic heterocycles. The van der Waals surface area contributed by atoms with Crippen LogP contribution in [0.5, 0.6) is 5.75 Å². The molecule has 1 N–H and O–H groups in total. The first-order valence-electron chi connectivity index (χ1n) is 10.4. The summed E-state index contributed by atoms with van der Waals surface area (Å²) < 4.78 is 40.0. The molecule has 170 valence electrons. The number of methoxy groups -OCH3 is 1. The Hall–Kier alpha value is -3.78. The zero-order chi connectivity index (χ0) is 23.4. The van der Waals surface area contributed by atoms with Crippen LogP contribution in [0.4, 0.5) is 8.78 Å². The molecule has 1 heterocycles.